The first kappa shape index (κ1) is 13.7. The Kier molecular flexibility index (Phi) is 3.40. The molecule has 3 rings (SSSR count). The molecule has 0 spiro atoms. The van der Waals surface area contributed by atoms with E-state index in [9.17, 15) is 0 Å². The first-order valence-electron chi connectivity index (χ1n) is 6.80. The Bertz CT molecular complexity index is 851. The number of hydrogen-bond donors (Lipinski definition) is 0. The summed E-state index contributed by atoms with van der Waals surface area (Å²) in [5, 5.41) is 9.72. The van der Waals surface area contributed by atoms with Crippen LogP contribution in [0.2, 0.25) is 5.02 Å². The zero-order valence-electron chi connectivity index (χ0n) is 11.9. The van der Waals surface area contributed by atoms with Crippen molar-refractivity contribution in [2.24, 2.45) is 0 Å². The Labute approximate surface area is 128 Å². The normalized spacial score (nSPS) is 10.8. The lowest BCUT2D eigenvalue weighted by Gasteiger charge is -2.07. The summed E-state index contributed by atoms with van der Waals surface area (Å²) >= 11 is 6.16. The van der Waals surface area contributed by atoms with E-state index < -0.39 is 0 Å². The fraction of sp³-hybridized carbons (Fsp3) is 0.176. The molecule has 104 valence electrons. The van der Waals surface area contributed by atoms with E-state index in [0.29, 0.717) is 10.6 Å². The van der Waals surface area contributed by atoms with Gasteiger partial charge < -0.3 is 4.57 Å². The minimum atomic E-state index is 0.622. The number of imidazole rings is 1. The zero-order chi connectivity index (χ0) is 15.0. The van der Waals surface area contributed by atoms with Gasteiger partial charge in [-0.1, -0.05) is 11.6 Å². The van der Waals surface area contributed by atoms with E-state index in [1.165, 1.54) is 0 Å². The number of nitriles is 1. The summed E-state index contributed by atoms with van der Waals surface area (Å²) in [6.45, 7) is 4.91. The van der Waals surface area contributed by atoms with E-state index >= 15 is 0 Å². The lowest BCUT2D eigenvalue weighted by atomic mass is 10.1. The van der Waals surface area contributed by atoms with Gasteiger partial charge in [-0.3, -0.25) is 0 Å². The zero-order valence-corrected chi connectivity index (χ0v) is 12.6. The van der Waals surface area contributed by atoms with Gasteiger partial charge in [0.25, 0.3) is 0 Å². The molecule has 21 heavy (non-hydrogen) atoms. The van der Waals surface area contributed by atoms with Gasteiger partial charge in [-0.25, -0.2) is 4.98 Å². The predicted octanol–water partition coefficient (Wildman–Crippen LogP) is 4.56. The molecule has 0 saturated carbocycles. The van der Waals surface area contributed by atoms with Crippen LogP contribution < -0.4 is 0 Å². The molecule has 0 aliphatic heterocycles. The molecular formula is C17H14ClN3. The summed E-state index contributed by atoms with van der Waals surface area (Å²) in [7, 11) is 0. The molecule has 2 aromatic carbocycles. The lowest BCUT2D eigenvalue weighted by molar-refractivity contribution is 0.796. The average Bonchev–Trinajstić information content (AvgIpc) is 2.83. The maximum absolute atomic E-state index is 9.02. The van der Waals surface area contributed by atoms with E-state index in [2.05, 4.69) is 23.6 Å². The number of halogens is 1. The average molecular weight is 296 g/mol. The molecule has 0 radical (unpaired) electrons. The summed E-state index contributed by atoms with van der Waals surface area (Å²) < 4.78 is 2.14. The number of hydrogen-bond acceptors (Lipinski definition) is 2. The van der Waals surface area contributed by atoms with E-state index in [1.54, 1.807) is 0 Å². The van der Waals surface area contributed by atoms with Crippen molar-refractivity contribution in [3.63, 3.8) is 0 Å². The van der Waals surface area contributed by atoms with Crippen LogP contribution in [0.15, 0.2) is 36.4 Å². The van der Waals surface area contributed by atoms with Gasteiger partial charge in [0.15, 0.2) is 0 Å². The van der Waals surface area contributed by atoms with Gasteiger partial charge in [-0.15, -0.1) is 0 Å². The number of aromatic nitrogens is 2. The van der Waals surface area contributed by atoms with Crippen LogP contribution in [0.25, 0.3) is 22.4 Å². The third-order valence-electron chi connectivity index (χ3n) is 3.49. The maximum Gasteiger partial charge on any atom is 0.141 e. The van der Waals surface area contributed by atoms with Crippen molar-refractivity contribution in [2.45, 2.75) is 20.4 Å². The molecule has 0 aliphatic carbocycles. The molecule has 0 saturated heterocycles. The molecule has 0 amide bonds. The summed E-state index contributed by atoms with van der Waals surface area (Å²) in [4.78, 5) is 4.70. The molecule has 0 aliphatic rings. The second-order valence-electron chi connectivity index (χ2n) is 5.01. The molecule has 0 bridgehead atoms. The van der Waals surface area contributed by atoms with Gasteiger partial charge in [0.2, 0.25) is 0 Å². The predicted molar refractivity (Wildman–Crippen MR) is 85.3 cm³/mol. The second-order valence-corrected chi connectivity index (χ2v) is 5.45. The minimum Gasteiger partial charge on any atom is -0.324 e. The molecule has 3 aromatic rings. The standard InChI is InChI=1S/C17H14ClN3/c1-3-21-16-5-4-12(10-19)8-15(16)20-17(21)13-6-11(2)7-14(18)9-13/h4-9H,3H2,1-2H3. The molecule has 0 atom stereocenters. The van der Waals surface area contributed by atoms with Crippen LogP contribution in [0.3, 0.4) is 0 Å². The molecule has 0 fully saturated rings. The molecule has 0 unspecified atom stereocenters. The van der Waals surface area contributed by atoms with Gasteiger partial charge in [0.1, 0.15) is 5.82 Å². The second kappa shape index (κ2) is 5.23. The van der Waals surface area contributed by atoms with E-state index in [4.69, 9.17) is 21.8 Å². The minimum absolute atomic E-state index is 0.622. The van der Waals surface area contributed by atoms with Crippen LogP contribution in [-0.4, -0.2) is 9.55 Å². The van der Waals surface area contributed by atoms with Crippen LogP contribution in [0.1, 0.15) is 18.1 Å². The number of aryl methyl sites for hydroxylation is 2. The lowest BCUT2D eigenvalue weighted by Crippen LogP contribution is -1.97. The quantitative estimate of drug-likeness (QED) is 0.695. The Morgan fingerprint density at radius 2 is 2.05 bits per heavy atom. The molecule has 3 nitrogen and oxygen atoms in total. The smallest absolute Gasteiger partial charge is 0.141 e. The van der Waals surface area contributed by atoms with Gasteiger partial charge in [-0.05, 0) is 55.8 Å². The highest BCUT2D eigenvalue weighted by molar-refractivity contribution is 6.30. The highest BCUT2D eigenvalue weighted by atomic mass is 35.5. The van der Waals surface area contributed by atoms with E-state index in [0.717, 1.165) is 34.5 Å². The molecule has 1 aromatic heterocycles. The third kappa shape index (κ3) is 2.39. The molecular weight excluding hydrogens is 282 g/mol. The Morgan fingerprint density at radius 1 is 1.24 bits per heavy atom. The highest BCUT2D eigenvalue weighted by Gasteiger charge is 2.12. The summed E-state index contributed by atoms with van der Waals surface area (Å²) in [5.41, 5.74) is 4.59. The topological polar surface area (TPSA) is 41.6 Å². The Balaban J connectivity index is 2.29. The fourth-order valence-corrected chi connectivity index (χ4v) is 2.89. The van der Waals surface area contributed by atoms with E-state index in [1.807, 2.05) is 37.3 Å². The fourth-order valence-electron chi connectivity index (χ4n) is 2.61. The molecule has 4 heteroatoms. The van der Waals surface area contributed by atoms with Gasteiger partial charge in [0.05, 0.1) is 22.7 Å². The Morgan fingerprint density at radius 3 is 2.71 bits per heavy atom. The number of fused-ring (bicyclic) bond motifs is 1. The van der Waals surface area contributed by atoms with Crippen LogP contribution in [0.5, 0.6) is 0 Å². The van der Waals surface area contributed by atoms with Gasteiger partial charge in [0, 0.05) is 17.1 Å². The van der Waals surface area contributed by atoms with Crippen LogP contribution in [0, 0.1) is 18.3 Å². The van der Waals surface area contributed by atoms with Crippen molar-refractivity contribution in [1.29, 1.82) is 5.26 Å². The van der Waals surface area contributed by atoms with Gasteiger partial charge >= 0.3 is 0 Å². The largest absolute Gasteiger partial charge is 0.324 e. The summed E-state index contributed by atoms with van der Waals surface area (Å²) in [6, 6.07) is 13.7. The van der Waals surface area contributed by atoms with Crippen molar-refractivity contribution in [2.75, 3.05) is 0 Å². The van der Waals surface area contributed by atoms with Crippen molar-refractivity contribution >= 4 is 22.6 Å². The number of rotatable bonds is 2. The Hall–Kier alpha value is -2.31. The third-order valence-corrected chi connectivity index (χ3v) is 3.71. The van der Waals surface area contributed by atoms with Crippen molar-refractivity contribution < 1.29 is 0 Å². The maximum atomic E-state index is 9.02. The van der Waals surface area contributed by atoms with Crippen molar-refractivity contribution in [1.82, 2.24) is 9.55 Å². The van der Waals surface area contributed by atoms with Crippen molar-refractivity contribution in [3.05, 3.63) is 52.5 Å². The first-order valence-corrected chi connectivity index (χ1v) is 7.18. The summed E-state index contributed by atoms with van der Waals surface area (Å²) in [6.07, 6.45) is 0. The van der Waals surface area contributed by atoms with Crippen molar-refractivity contribution in [3.8, 4) is 17.5 Å². The van der Waals surface area contributed by atoms with Crippen LogP contribution in [-0.2, 0) is 6.54 Å². The first-order chi connectivity index (χ1) is 10.1. The SMILES string of the molecule is CCn1c(-c2cc(C)cc(Cl)c2)nc2cc(C#N)ccc21. The molecule has 0 N–H and O–H groups in total. The van der Waals surface area contributed by atoms with Gasteiger partial charge in [-0.2, -0.15) is 5.26 Å². The van der Waals surface area contributed by atoms with Crippen LogP contribution >= 0.6 is 11.6 Å². The molecule has 1 heterocycles. The highest BCUT2D eigenvalue weighted by Crippen LogP contribution is 2.28. The number of nitrogens with zero attached hydrogens (tertiary/aromatic N) is 3. The van der Waals surface area contributed by atoms with E-state index in [-0.39, 0.29) is 0 Å². The number of benzene rings is 2. The summed E-state index contributed by atoms with van der Waals surface area (Å²) in [5.74, 6) is 0.883. The monoisotopic (exact) mass is 295 g/mol. The van der Waals surface area contributed by atoms with Crippen LogP contribution in [0.4, 0.5) is 0 Å².